The molecule has 3 aromatic rings. The number of aliphatic hydroxyl groups excluding tert-OH is 1. The normalized spacial score (nSPS) is 18.3. The summed E-state index contributed by atoms with van der Waals surface area (Å²) >= 11 is 6.27. The standard InChI is InChI=1S/C23H17ClN2O3/c1-14-17(24)8-5-9-18(14)26-20(15-10-12-25-13-11-15)19(22(28)23(26)29)21(27)16-6-3-2-4-7-16/h2-13,20,27H,1H3/b21-19+. The van der Waals surface area contributed by atoms with Crippen LogP contribution in [0, 0.1) is 6.92 Å². The van der Waals surface area contributed by atoms with Gasteiger partial charge in [0.25, 0.3) is 11.7 Å². The average molecular weight is 405 g/mol. The van der Waals surface area contributed by atoms with Crippen LogP contribution < -0.4 is 4.90 Å². The summed E-state index contributed by atoms with van der Waals surface area (Å²) in [6, 6.07) is 16.6. The highest BCUT2D eigenvalue weighted by molar-refractivity contribution is 6.52. The van der Waals surface area contributed by atoms with Gasteiger partial charge in [0.15, 0.2) is 0 Å². The van der Waals surface area contributed by atoms with E-state index >= 15 is 0 Å². The third-order valence-electron chi connectivity index (χ3n) is 5.01. The Kier molecular flexibility index (Phi) is 4.91. The number of Topliss-reactive ketones (excluding diaryl/α,β-unsaturated/α-hetero) is 1. The van der Waals surface area contributed by atoms with Crippen molar-refractivity contribution in [3.8, 4) is 0 Å². The summed E-state index contributed by atoms with van der Waals surface area (Å²) in [5, 5.41) is 11.5. The van der Waals surface area contributed by atoms with Crippen LogP contribution in [0.15, 0.2) is 78.6 Å². The zero-order valence-electron chi connectivity index (χ0n) is 15.5. The minimum Gasteiger partial charge on any atom is -0.507 e. The SMILES string of the molecule is Cc1c(Cl)cccc1N1C(=O)C(=O)/C(=C(/O)c2ccccc2)C1c1ccncc1. The molecule has 29 heavy (non-hydrogen) atoms. The van der Waals surface area contributed by atoms with Crippen molar-refractivity contribution in [1.29, 1.82) is 0 Å². The molecule has 5 nitrogen and oxygen atoms in total. The molecule has 1 saturated heterocycles. The Morgan fingerprint density at radius 1 is 1.00 bits per heavy atom. The van der Waals surface area contributed by atoms with Crippen molar-refractivity contribution in [2.24, 2.45) is 0 Å². The van der Waals surface area contributed by atoms with Crippen molar-refractivity contribution in [2.45, 2.75) is 13.0 Å². The molecule has 2 aromatic carbocycles. The Labute approximate surface area is 172 Å². The van der Waals surface area contributed by atoms with Gasteiger partial charge in [-0.1, -0.05) is 48.0 Å². The van der Waals surface area contributed by atoms with Crippen molar-refractivity contribution in [2.75, 3.05) is 4.90 Å². The second kappa shape index (κ2) is 7.53. The van der Waals surface area contributed by atoms with Gasteiger partial charge < -0.3 is 5.11 Å². The van der Waals surface area contributed by atoms with Crippen LogP contribution in [-0.2, 0) is 9.59 Å². The van der Waals surface area contributed by atoms with E-state index in [9.17, 15) is 14.7 Å². The quantitative estimate of drug-likeness (QED) is 0.391. The molecule has 1 atom stereocenters. The van der Waals surface area contributed by atoms with Crippen molar-refractivity contribution in [3.05, 3.63) is 100 Å². The summed E-state index contributed by atoms with van der Waals surface area (Å²) < 4.78 is 0. The Hall–Kier alpha value is -3.44. The van der Waals surface area contributed by atoms with Gasteiger partial charge in [-0.3, -0.25) is 19.5 Å². The van der Waals surface area contributed by atoms with Crippen LogP contribution in [0.5, 0.6) is 0 Å². The summed E-state index contributed by atoms with van der Waals surface area (Å²) in [7, 11) is 0. The Bertz CT molecular complexity index is 1130. The minimum absolute atomic E-state index is 0.0341. The molecular formula is C23H17ClN2O3. The van der Waals surface area contributed by atoms with Gasteiger partial charge >= 0.3 is 0 Å². The number of pyridine rings is 1. The van der Waals surface area contributed by atoms with Crippen molar-refractivity contribution in [1.82, 2.24) is 4.98 Å². The van der Waals surface area contributed by atoms with Crippen LogP contribution in [-0.4, -0.2) is 21.8 Å². The maximum absolute atomic E-state index is 13.1. The minimum atomic E-state index is -0.796. The topological polar surface area (TPSA) is 70.5 Å². The molecule has 1 unspecified atom stereocenters. The number of hydrogen-bond acceptors (Lipinski definition) is 4. The number of anilines is 1. The lowest BCUT2D eigenvalue weighted by Crippen LogP contribution is -2.30. The third kappa shape index (κ3) is 3.19. The van der Waals surface area contributed by atoms with E-state index in [2.05, 4.69) is 4.98 Å². The predicted molar refractivity (Wildman–Crippen MR) is 112 cm³/mol. The smallest absolute Gasteiger partial charge is 0.300 e. The average Bonchev–Trinajstić information content (AvgIpc) is 3.01. The first-order valence-electron chi connectivity index (χ1n) is 9.02. The van der Waals surface area contributed by atoms with Crippen LogP contribution in [0.2, 0.25) is 5.02 Å². The second-order valence-corrected chi connectivity index (χ2v) is 7.11. The van der Waals surface area contributed by atoms with Crippen LogP contribution >= 0.6 is 11.6 Å². The molecule has 144 valence electrons. The van der Waals surface area contributed by atoms with Gasteiger partial charge in [-0.15, -0.1) is 0 Å². The van der Waals surface area contributed by atoms with Gasteiger partial charge in [-0.05, 0) is 42.3 Å². The number of carbonyl (C=O) groups is 2. The van der Waals surface area contributed by atoms with Gasteiger partial charge in [-0.2, -0.15) is 0 Å². The number of benzene rings is 2. The maximum atomic E-state index is 13.1. The molecule has 0 aliphatic carbocycles. The number of amides is 1. The predicted octanol–water partition coefficient (Wildman–Crippen LogP) is 4.67. The molecule has 1 aromatic heterocycles. The first kappa shape index (κ1) is 18.9. The van der Waals surface area contributed by atoms with Crippen LogP contribution in [0.1, 0.15) is 22.7 Å². The van der Waals surface area contributed by atoms with E-state index in [-0.39, 0.29) is 11.3 Å². The molecule has 1 amide bonds. The number of ketones is 1. The number of hydrogen-bond donors (Lipinski definition) is 1. The number of rotatable bonds is 3. The summed E-state index contributed by atoms with van der Waals surface area (Å²) in [4.78, 5) is 31.5. The number of halogens is 1. The maximum Gasteiger partial charge on any atom is 0.300 e. The molecule has 2 heterocycles. The number of aromatic nitrogens is 1. The number of aliphatic hydroxyl groups is 1. The fourth-order valence-electron chi connectivity index (χ4n) is 3.55. The van der Waals surface area contributed by atoms with E-state index in [1.807, 2.05) is 6.07 Å². The summed E-state index contributed by atoms with van der Waals surface area (Å²) in [5.74, 6) is -1.67. The van der Waals surface area contributed by atoms with Gasteiger partial charge in [0.1, 0.15) is 5.76 Å². The molecule has 0 bridgehead atoms. The summed E-state index contributed by atoms with van der Waals surface area (Å²) in [6.07, 6.45) is 3.17. The molecule has 4 rings (SSSR count). The monoisotopic (exact) mass is 404 g/mol. The molecule has 1 N–H and O–H groups in total. The van der Waals surface area contributed by atoms with Crippen LogP contribution in [0.25, 0.3) is 5.76 Å². The lowest BCUT2D eigenvalue weighted by molar-refractivity contribution is -0.132. The summed E-state index contributed by atoms with van der Waals surface area (Å²) in [5.41, 5.74) is 2.36. The number of nitrogens with zero attached hydrogens (tertiary/aromatic N) is 2. The van der Waals surface area contributed by atoms with E-state index in [1.54, 1.807) is 73.9 Å². The molecule has 1 fully saturated rings. The highest BCUT2D eigenvalue weighted by Crippen LogP contribution is 2.43. The summed E-state index contributed by atoms with van der Waals surface area (Å²) in [6.45, 7) is 1.79. The largest absolute Gasteiger partial charge is 0.507 e. The highest BCUT2D eigenvalue weighted by atomic mass is 35.5. The van der Waals surface area contributed by atoms with Gasteiger partial charge in [-0.25, -0.2) is 0 Å². The zero-order valence-corrected chi connectivity index (χ0v) is 16.3. The molecule has 0 radical (unpaired) electrons. The van der Waals surface area contributed by atoms with Crippen LogP contribution in [0.3, 0.4) is 0 Å². The van der Waals surface area contributed by atoms with E-state index in [0.29, 0.717) is 27.4 Å². The van der Waals surface area contributed by atoms with E-state index in [1.165, 1.54) is 4.90 Å². The van der Waals surface area contributed by atoms with Crippen molar-refractivity contribution < 1.29 is 14.7 Å². The number of carbonyl (C=O) groups excluding carboxylic acids is 2. The molecule has 1 aliphatic heterocycles. The van der Waals surface area contributed by atoms with Gasteiger partial charge in [0.05, 0.1) is 11.6 Å². The van der Waals surface area contributed by atoms with Crippen LogP contribution in [0.4, 0.5) is 5.69 Å². The molecule has 0 saturated carbocycles. The zero-order chi connectivity index (χ0) is 20.5. The lowest BCUT2D eigenvalue weighted by Gasteiger charge is -2.27. The van der Waals surface area contributed by atoms with E-state index in [4.69, 9.17) is 11.6 Å². The van der Waals surface area contributed by atoms with E-state index < -0.39 is 17.7 Å². The fourth-order valence-corrected chi connectivity index (χ4v) is 3.72. The van der Waals surface area contributed by atoms with Crippen molar-refractivity contribution in [3.63, 3.8) is 0 Å². The molecule has 1 aliphatic rings. The van der Waals surface area contributed by atoms with Crippen molar-refractivity contribution >= 4 is 34.7 Å². The highest BCUT2D eigenvalue weighted by Gasteiger charge is 2.47. The first-order valence-corrected chi connectivity index (χ1v) is 9.40. The molecule has 6 heteroatoms. The lowest BCUT2D eigenvalue weighted by atomic mass is 9.95. The van der Waals surface area contributed by atoms with E-state index in [0.717, 1.165) is 0 Å². The Balaban J connectivity index is 1.98. The fraction of sp³-hybridized carbons (Fsp3) is 0.0870. The third-order valence-corrected chi connectivity index (χ3v) is 5.42. The van der Waals surface area contributed by atoms with Gasteiger partial charge in [0.2, 0.25) is 0 Å². The second-order valence-electron chi connectivity index (χ2n) is 6.70. The Morgan fingerprint density at radius 3 is 2.38 bits per heavy atom. The first-order chi connectivity index (χ1) is 14.0. The molecular weight excluding hydrogens is 388 g/mol. The van der Waals surface area contributed by atoms with Gasteiger partial charge in [0, 0.05) is 28.7 Å². The molecule has 0 spiro atoms. The Morgan fingerprint density at radius 2 is 1.69 bits per heavy atom.